The standard InChI is InChI=1S/C31H34N4O3.C7H5ClO/c36-31(23-6-2-1-3-7-23)33-25-9-11-28-27(20-25)24(22-32-28)8-4-5-13-34-14-16-35(17-15-34)26-10-12-29-30(21-26)38-19-18-37-29;8-7(9)6-4-2-1-3-5-6/h1-3,6-7,9-12,20-22,32H,4-5,8,13-19H2,(H,33,36);1-5H. The summed E-state index contributed by atoms with van der Waals surface area (Å²) in [5, 5.41) is 3.81. The van der Waals surface area contributed by atoms with Gasteiger partial charge in [0.25, 0.3) is 11.1 Å². The van der Waals surface area contributed by atoms with Crippen LogP contribution in [0.25, 0.3) is 10.9 Å². The molecule has 0 spiro atoms. The number of hydrogen-bond acceptors (Lipinski definition) is 6. The average molecular weight is 651 g/mol. The van der Waals surface area contributed by atoms with Crippen molar-refractivity contribution in [1.82, 2.24) is 9.88 Å². The van der Waals surface area contributed by atoms with E-state index < -0.39 is 5.24 Å². The van der Waals surface area contributed by atoms with E-state index in [0.29, 0.717) is 24.3 Å². The van der Waals surface area contributed by atoms with Crippen molar-refractivity contribution >= 4 is 45.0 Å². The van der Waals surface area contributed by atoms with E-state index in [-0.39, 0.29) is 5.91 Å². The number of benzene rings is 4. The highest BCUT2D eigenvalue weighted by molar-refractivity contribution is 6.67. The number of nitrogens with one attached hydrogen (secondary N) is 2. The highest BCUT2D eigenvalue weighted by atomic mass is 35.5. The Balaban J connectivity index is 0.000000373. The van der Waals surface area contributed by atoms with E-state index in [4.69, 9.17) is 21.1 Å². The number of halogens is 1. The number of aromatic amines is 1. The second-order valence-corrected chi connectivity index (χ2v) is 12.0. The van der Waals surface area contributed by atoms with Crippen molar-refractivity contribution in [3.8, 4) is 11.5 Å². The minimum Gasteiger partial charge on any atom is -0.486 e. The first-order valence-corrected chi connectivity index (χ1v) is 16.5. The van der Waals surface area contributed by atoms with E-state index in [1.165, 1.54) is 23.1 Å². The summed E-state index contributed by atoms with van der Waals surface area (Å²) in [7, 11) is 0. The third-order valence-electron chi connectivity index (χ3n) is 8.50. The molecule has 0 aliphatic carbocycles. The van der Waals surface area contributed by atoms with Crippen molar-refractivity contribution < 1.29 is 19.1 Å². The van der Waals surface area contributed by atoms with Crippen molar-refractivity contribution in [2.24, 2.45) is 0 Å². The number of nitrogens with zero attached hydrogens (tertiary/aromatic N) is 2. The number of anilines is 2. The largest absolute Gasteiger partial charge is 0.486 e. The first-order chi connectivity index (χ1) is 23.0. The highest BCUT2D eigenvalue weighted by Crippen LogP contribution is 2.34. The van der Waals surface area contributed by atoms with Crippen molar-refractivity contribution in [2.45, 2.75) is 19.3 Å². The van der Waals surface area contributed by atoms with E-state index in [0.717, 1.165) is 68.3 Å². The summed E-state index contributed by atoms with van der Waals surface area (Å²) in [4.78, 5) is 31.4. The molecule has 7 rings (SSSR count). The molecule has 0 atom stereocenters. The number of unbranched alkanes of at least 4 members (excludes halogenated alkanes) is 1. The quantitative estimate of drug-likeness (QED) is 0.128. The van der Waals surface area contributed by atoms with E-state index in [2.05, 4.69) is 44.5 Å². The van der Waals surface area contributed by atoms with E-state index >= 15 is 0 Å². The number of ether oxygens (including phenoxy) is 2. The van der Waals surface area contributed by atoms with Crippen LogP contribution in [-0.4, -0.2) is 67.0 Å². The molecule has 3 heterocycles. The lowest BCUT2D eigenvalue weighted by Gasteiger charge is -2.36. The maximum absolute atomic E-state index is 12.6. The second-order valence-electron chi connectivity index (χ2n) is 11.6. The van der Waals surface area contributed by atoms with Crippen LogP contribution in [0.3, 0.4) is 0 Å². The monoisotopic (exact) mass is 650 g/mol. The minimum absolute atomic E-state index is 0.0869. The number of aryl methyl sites for hydroxylation is 1. The van der Waals surface area contributed by atoms with Crippen LogP contribution in [-0.2, 0) is 6.42 Å². The van der Waals surface area contributed by atoms with Gasteiger partial charge in [0.2, 0.25) is 0 Å². The molecule has 47 heavy (non-hydrogen) atoms. The zero-order chi connectivity index (χ0) is 32.4. The maximum atomic E-state index is 12.6. The lowest BCUT2D eigenvalue weighted by atomic mass is 10.1. The summed E-state index contributed by atoms with van der Waals surface area (Å²) in [6.07, 6.45) is 5.43. The van der Waals surface area contributed by atoms with Gasteiger partial charge in [-0.15, -0.1) is 0 Å². The van der Waals surface area contributed by atoms with Gasteiger partial charge in [-0.2, -0.15) is 0 Å². The first-order valence-electron chi connectivity index (χ1n) is 16.1. The topological polar surface area (TPSA) is 86.9 Å². The predicted octanol–water partition coefficient (Wildman–Crippen LogP) is 7.40. The van der Waals surface area contributed by atoms with Gasteiger partial charge in [-0.25, -0.2) is 0 Å². The Labute approximate surface area is 280 Å². The van der Waals surface area contributed by atoms with E-state index in [1.54, 1.807) is 24.3 Å². The fourth-order valence-corrected chi connectivity index (χ4v) is 6.06. The second kappa shape index (κ2) is 15.7. The molecule has 8 nitrogen and oxygen atoms in total. The van der Waals surface area contributed by atoms with Crippen LogP contribution in [0.1, 0.15) is 39.1 Å². The number of rotatable bonds is 9. The van der Waals surface area contributed by atoms with Crippen LogP contribution >= 0.6 is 11.6 Å². The summed E-state index contributed by atoms with van der Waals surface area (Å²) in [6, 6.07) is 30.4. The van der Waals surface area contributed by atoms with Gasteiger partial charge in [0.15, 0.2) is 11.5 Å². The number of aromatic nitrogens is 1. The number of carbonyl (C=O) groups excluding carboxylic acids is 2. The summed E-state index contributed by atoms with van der Waals surface area (Å²) in [6.45, 7) is 6.57. The molecule has 1 amide bonds. The lowest BCUT2D eigenvalue weighted by molar-refractivity contribution is 0.102. The Morgan fingerprint density at radius 1 is 0.766 bits per heavy atom. The van der Waals surface area contributed by atoms with Gasteiger partial charge in [-0.05, 0) is 85.4 Å². The van der Waals surface area contributed by atoms with Gasteiger partial charge in [-0.1, -0.05) is 48.5 Å². The molecule has 2 N–H and O–H groups in total. The predicted molar refractivity (Wildman–Crippen MR) is 188 cm³/mol. The molecule has 4 aromatic carbocycles. The number of hydrogen-bond donors (Lipinski definition) is 2. The van der Waals surface area contributed by atoms with Gasteiger partial charge < -0.3 is 24.7 Å². The molecule has 0 unspecified atom stereocenters. The van der Waals surface area contributed by atoms with Gasteiger partial charge in [0.05, 0.1) is 0 Å². The SMILES string of the molecule is O=C(Cl)c1ccccc1.O=C(Nc1ccc2[nH]cc(CCCCN3CCN(c4ccc5c(c4)OCCO5)CC3)c2c1)c1ccccc1. The minimum atomic E-state index is -0.407. The Bertz CT molecular complexity index is 1790. The van der Waals surface area contributed by atoms with Crippen molar-refractivity contribution in [2.75, 3.05) is 56.2 Å². The van der Waals surface area contributed by atoms with Crippen LogP contribution in [0, 0.1) is 0 Å². The van der Waals surface area contributed by atoms with Crippen molar-refractivity contribution in [3.05, 3.63) is 120 Å². The molecule has 1 saturated heterocycles. The molecule has 0 saturated carbocycles. The number of piperazine rings is 1. The molecule has 0 bridgehead atoms. The van der Waals surface area contributed by atoms with Crippen LogP contribution in [0.5, 0.6) is 11.5 Å². The number of fused-ring (bicyclic) bond motifs is 2. The van der Waals surface area contributed by atoms with Gasteiger partial charge in [0.1, 0.15) is 13.2 Å². The van der Waals surface area contributed by atoms with Gasteiger partial charge in [-0.3, -0.25) is 14.5 Å². The van der Waals surface area contributed by atoms with E-state index in [9.17, 15) is 9.59 Å². The summed E-state index contributed by atoms with van der Waals surface area (Å²) < 4.78 is 11.4. The molecule has 1 aromatic heterocycles. The Hall–Kier alpha value is -4.79. The molecule has 2 aliphatic heterocycles. The molecule has 2 aliphatic rings. The van der Waals surface area contributed by atoms with Crippen LogP contribution in [0.2, 0.25) is 0 Å². The molecule has 242 valence electrons. The molecule has 1 fully saturated rings. The fourth-order valence-electron chi connectivity index (χ4n) is 5.93. The third kappa shape index (κ3) is 8.52. The summed E-state index contributed by atoms with van der Waals surface area (Å²) in [5.74, 6) is 1.62. The van der Waals surface area contributed by atoms with Gasteiger partial charge in [0, 0.05) is 71.8 Å². The highest BCUT2D eigenvalue weighted by Gasteiger charge is 2.19. The van der Waals surface area contributed by atoms with Crippen LogP contribution < -0.4 is 19.7 Å². The zero-order valence-corrected chi connectivity index (χ0v) is 27.0. The Morgan fingerprint density at radius 3 is 2.17 bits per heavy atom. The summed E-state index contributed by atoms with van der Waals surface area (Å²) >= 11 is 5.16. The first kappa shape index (κ1) is 32.2. The van der Waals surface area contributed by atoms with E-state index in [1.807, 2.05) is 54.6 Å². The Morgan fingerprint density at radius 2 is 1.47 bits per heavy atom. The fraction of sp³-hybridized carbons (Fsp3) is 0.263. The molecular formula is C38H39ClN4O4. The van der Waals surface area contributed by atoms with Crippen molar-refractivity contribution in [1.29, 1.82) is 0 Å². The normalized spacial score (nSPS) is 14.3. The van der Waals surface area contributed by atoms with Crippen LogP contribution in [0.15, 0.2) is 103 Å². The Kier molecular flexibility index (Phi) is 10.7. The number of H-pyrrole nitrogens is 1. The van der Waals surface area contributed by atoms with Crippen LogP contribution in [0.4, 0.5) is 11.4 Å². The molecule has 5 aromatic rings. The summed E-state index contributed by atoms with van der Waals surface area (Å²) in [5.41, 5.74) is 5.65. The third-order valence-corrected chi connectivity index (χ3v) is 8.71. The smallest absolute Gasteiger partial charge is 0.255 e. The average Bonchev–Trinajstić information content (AvgIpc) is 3.53. The maximum Gasteiger partial charge on any atom is 0.255 e. The lowest BCUT2D eigenvalue weighted by Crippen LogP contribution is -2.46. The number of amides is 1. The number of carbonyl (C=O) groups is 2. The van der Waals surface area contributed by atoms with Gasteiger partial charge >= 0.3 is 0 Å². The molecular weight excluding hydrogens is 612 g/mol. The van der Waals surface area contributed by atoms with Crippen molar-refractivity contribution in [3.63, 3.8) is 0 Å². The molecule has 9 heteroatoms. The molecule has 0 radical (unpaired) electrons. The zero-order valence-electron chi connectivity index (χ0n) is 26.3.